The van der Waals surface area contributed by atoms with Crippen LogP contribution in [0.25, 0.3) is 11.0 Å². The lowest BCUT2D eigenvalue weighted by atomic mass is 9.85. The molecule has 126 valence electrons. The first kappa shape index (κ1) is 14.4. The number of imidazole rings is 1. The van der Waals surface area contributed by atoms with Gasteiger partial charge in [-0.25, -0.2) is 4.98 Å². The Bertz CT molecular complexity index is 884. The normalized spacial score (nSPS) is 29.7. The van der Waals surface area contributed by atoms with Crippen LogP contribution >= 0.6 is 0 Å². The SMILES string of the molecule is O=C(CN1C(=O)[C@H]2[C@H](C1=O)[C@H]1C=C[C@H]2C1)Nc1nc2ccccc2[nH]1. The van der Waals surface area contributed by atoms with E-state index in [1.54, 1.807) is 0 Å². The van der Waals surface area contributed by atoms with Gasteiger partial charge in [0.05, 0.1) is 22.9 Å². The highest BCUT2D eigenvalue weighted by molar-refractivity contribution is 6.09. The minimum absolute atomic E-state index is 0.148. The van der Waals surface area contributed by atoms with Crippen LogP contribution in [0.4, 0.5) is 5.95 Å². The number of aromatic amines is 1. The molecule has 3 aliphatic rings. The predicted molar refractivity (Wildman–Crippen MR) is 89.2 cm³/mol. The van der Waals surface area contributed by atoms with E-state index < -0.39 is 5.91 Å². The van der Waals surface area contributed by atoms with Crippen molar-refractivity contribution in [1.29, 1.82) is 0 Å². The lowest BCUT2D eigenvalue weighted by Gasteiger charge is -2.16. The Morgan fingerprint density at radius 2 is 1.84 bits per heavy atom. The van der Waals surface area contributed by atoms with Crippen LogP contribution in [0.3, 0.4) is 0 Å². The zero-order chi connectivity index (χ0) is 17.1. The summed E-state index contributed by atoms with van der Waals surface area (Å²) in [7, 11) is 0. The van der Waals surface area contributed by atoms with Gasteiger partial charge in [-0.1, -0.05) is 24.3 Å². The minimum Gasteiger partial charge on any atom is -0.324 e. The number of hydrogen-bond donors (Lipinski definition) is 2. The van der Waals surface area contributed by atoms with E-state index in [9.17, 15) is 14.4 Å². The second-order valence-corrected chi connectivity index (χ2v) is 6.91. The maximum absolute atomic E-state index is 12.6. The fraction of sp³-hybridized carbons (Fsp3) is 0.333. The van der Waals surface area contributed by atoms with Gasteiger partial charge >= 0.3 is 0 Å². The van der Waals surface area contributed by atoms with Crippen molar-refractivity contribution in [1.82, 2.24) is 14.9 Å². The molecule has 1 aliphatic heterocycles. The van der Waals surface area contributed by atoms with Crippen molar-refractivity contribution >= 4 is 34.7 Å². The predicted octanol–water partition coefficient (Wildman–Crippen LogP) is 1.31. The van der Waals surface area contributed by atoms with Crippen molar-refractivity contribution in [3.05, 3.63) is 36.4 Å². The average Bonchev–Trinajstić information content (AvgIpc) is 3.34. The molecule has 2 heterocycles. The number of nitrogens with one attached hydrogen (secondary N) is 2. The summed E-state index contributed by atoms with van der Waals surface area (Å²) < 4.78 is 0. The number of carbonyl (C=O) groups is 3. The summed E-state index contributed by atoms with van der Waals surface area (Å²) >= 11 is 0. The third-order valence-corrected chi connectivity index (χ3v) is 5.51. The molecule has 1 aromatic heterocycles. The van der Waals surface area contributed by atoms with E-state index in [4.69, 9.17) is 0 Å². The Morgan fingerprint density at radius 1 is 1.16 bits per heavy atom. The molecule has 4 atom stereocenters. The number of fused-ring (bicyclic) bond motifs is 6. The van der Waals surface area contributed by atoms with E-state index in [1.807, 2.05) is 36.4 Å². The number of hydrogen-bond acceptors (Lipinski definition) is 4. The summed E-state index contributed by atoms with van der Waals surface area (Å²) in [5, 5.41) is 2.64. The quantitative estimate of drug-likeness (QED) is 0.652. The second-order valence-electron chi connectivity index (χ2n) is 6.91. The van der Waals surface area contributed by atoms with Gasteiger partial charge in [0.1, 0.15) is 6.54 Å². The summed E-state index contributed by atoms with van der Waals surface area (Å²) in [6, 6.07) is 7.42. The van der Waals surface area contributed by atoms with Crippen molar-refractivity contribution in [3.8, 4) is 0 Å². The first-order chi connectivity index (χ1) is 12.1. The van der Waals surface area contributed by atoms with Crippen LogP contribution in [0.1, 0.15) is 6.42 Å². The van der Waals surface area contributed by atoms with Crippen molar-refractivity contribution in [2.75, 3.05) is 11.9 Å². The van der Waals surface area contributed by atoms with Crippen molar-refractivity contribution in [2.45, 2.75) is 6.42 Å². The number of nitrogens with zero attached hydrogens (tertiary/aromatic N) is 2. The molecule has 1 saturated heterocycles. The van der Waals surface area contributed by atoms with Crippen LogP contribution < -0.4 is 5.32 Å². The summed E-state index contributed by atoms with van der Waals surface area (Å²) in [6.45, 7) is -0.263. The third-order valence-electron chi connectivity index (χ3n) is 5.51. The van der Waals surface area contributed by atoms with Crippen LogP contribution in [0.15, 0.2) is 36.4 Å². The molecular weight excluding hydrogens is 320 g/mol. The average molecular weight is 336 g/mol. The van der Waals surface area contributed by atoms with E-state index in [2.05, 4.69) is 15.3 Å². The minimum atomic E-state index is -0.430. The molecular formula is C18H16N4O3. The molecule has 5 rings (SSSR count). The van der Waals surface area contributed by atoms with Gasteiger partial charge in [0.15, 0.2) is 0 Å². The van der Waals surface area contributed by atoms with Crippen molar-refractivity contribution in [3.63, 3.8) is 0 Å². The summed E-state index contributed by atoms with van der Waals surface area (Å²) in [5.74, 6) is -0.806. The third kappa shape index (κ3) is 2.05. The van der Waals surface area contributed by atoms with E-state index in [0.29, 0.717) is 5.95 Å². The first-order valence-electron chi connectivity index (χ1n) is 8.40. The molecule has 2 aliphatic carbocycles. The van der Waals surface area contributed by atoms with Gasteiger partial charge in [0, 0.05) is 0 Å². The number of carbonyl (C=O) groups excluding carboxylic acids is 3. The number of allylic oxidation sites excluding steroid dienone is 2. The van der Waals surface area contributed by atoms with Crippen LogP contribution in [-0.4, -0.2) is 39.1 Å². The van der Waals surface area contributed by atoms with Crippen molar-refractivity contribution in [2.24, 2.45) is 23.7 Å². The summed E-state index contributed by atoms with van der Waals surface area (Å²) in [4.78, 5) is 45.8. The van der Waals surface area contributed by atoms with Crippen LogP contribution in [-0.2, 0) is 14.4 Å². The fourth-order valence-electron chi connectivity index (χ4n) is 4.45. The van der Waals surface area contributed by atoms with E-state index in [-0.39, 0.29) is 42.0 Å². The molecule has 2 N–H and O–H groups in total. The molecule has 25 heavy (non-hydrogen) atoms. The fourth-order valence-corrected chi connectivity index (χ4v) is 4.45. The largest absolute Gasteiger partial charge is 0.324 e. The van der Waals surface area contributed by atoms with Gasteiger partial charge < -0.3 is 4.98 Å². The highest BCUT2D eigenvalue weighted by Crippen LogP contribution is 2.52. The number of aromatic nitrogens is 2. The van der Waals surface area contributed by atoms with Crippen LogP contribution in [0.5, 0.6) is 0 Å². The molecule has 1 aromatic carbocycles. The molecule has 1 saturated carbocycles. The summed E-state index contributed by atoms with van der Waals surface area (Å²) in [6.07, 6.45) is 4.95. The van der Waals surface area contributed by atoms with E-state index in [1.165, 1.54) is 0 Å². The number of H-pyrrole nitrogens is 1. The van der Waals surface area contributed by atoms with Gasteiger partial charge in [0.25, 0.3) is 0 Å². The molecule has 0 unspecified atom stereocenters. The lowest BCUT2D eigenvalue weighted by molar-refractivity contribution is -0.143. The number of imide groups is 1. The van der Waals surface area contributed by atoms with Crippen LogP contribution in [0.2, 0.25) is 0 Å². The number of amides is 3. The Morgan fingerprint density at radius 3 is 2.52 bits per heavy atom. The topological polar surface area (TPSA) is 95.2 Å². The number of para-hydroxylation sites is 2. The zero-order valence-corrected chi connectivity index (χ0v) is 13.3. The van der Waals surface area contributed by atoms with Crippen LogP contribution in [0, 0.1) is 23.7 Å². The highest BCUT2D eigenvalue weighted by atomic mass is 16.2. The molecule has 3 amide bonds. The first-order valence-corrected chi connectivity index (χ1v) is 8.40. The Balaban J connectivity index is 1.31. The number of benzene rings is 1. The van der Waals surface area contributed by atoms with Gasteiger partial charge in [-0.2, -0.15) is 0 Å². The van der Waals surface area contributed by atoms with Gasteiger partial charge in [0.2, 0.25) is 23.7 Å². The molecule has 2 fully saturated rings. The Labute approximate surface area is 143 Å². The molecule has 2 aromatic rings. The monoisotopic (exact) mass is 336 g/mol. The molecule has 7 heteroatoms. The maximum atomic E-state index is 12.6. The maximum Gasteiger partial charge on any atom is 0.246 e. The van der Waals surface area contributed by atoms with Gasteiger partial charge in [-0.15, -0.1) is 0 Å². The van der Waals surface area contributed by atoms with Crippen molar-refractivity contribution < 1.29 is 14.4 Å². The standard InChI is InChI=1S/C18H16N4O3/c23-13(21-18-19-11-3-1-2-4-12(11)20-18)8-22-16(24)14-9-5-6-10(7-9)15(14)17(22)25/h1-6,9-10,14-15H,7-8H2,(H2,19,20,21,23)/t9-,10-,14+,15+/m0/s1. The molecule has 0 spiro atoms. The smallest absolute Gasteiger partial charge is 0.246 e. The highest BCUT2D eigenvalue weighted by Gasteiger charge is 2.59. The Kier molecular flexibility index (Phi) is 2.89. The lowest BCUT2D eigenvalue weighted by Crippen LogP contribution is -2.39. The van der Waals surface area contributed by atoms with E-state index in [0.717, 1.165) is 22.4 Å². The number of rotatable bonds is 3. The molecule has 0 radical (unpaired) electrons. The number of anilines is 1. The molecule has 2 bridgehead atoms. The van der Waals surface area contributed by atoms with E-state index >= 15 is 0 Å². The second kappa shape index (κ2) is 5.02. The zero-order valence-electron chi connectivity index (χ0n) is 13.3. The Hall–Kier alpha value is -2.96. The molecule has 7 nitrogen and oxygen atoms in total. The van der Waals surface area contributed by atoms with Gasteiger partial charge in [-0.3, -0.25) is 24.6 Å². The summed E-state index contributed by atoms with van der Waals surface area (Å²) in [5.41, 5.74) is 1.55. The number of likely N-dealkylation sites (tertiary alicyclic amines) is 1. The van der Waals surface area contributed by atoms with Gasteiger partial charge in [-0.05, 0) is 30.4 Å².